The van der Waals surface area contributed by atoms with Crippen molar-refractivity contribution in [3.05, 3.63) is 23.9 Å². The lowest BCUT2D eigenvalue weighted by molar-refractivity contribution is -0.197. The van der Waals surface area contributed by atoms with E-state index in [4.69, 9.17) is 4.84 Å². The Balaban J connectivity index is 1.79. The van der Waals surface area contributed by atoms with Gasteiger partial charge in [0.05, 0.1) is 18.0 Å². The number of aliphatic carboxylic acids is 1. The summed E-state index contributed by atoms with van der Waals surface area (Å²) in [6.45, 7) is 2.01. The van der Waals surface area contributed by atoms with Crippen molar-refractivity contribution in [1.82, 2.24) is 10.0 Å². The maximum absolute atomic E-state index is 11.7. The monoisotopic (exact) mass is 426 g/mol. The Hall–Kier alpha value is -2.07. The summed E-state index contributed by atoms with van der Waals surface area (Å²) in [5.74, 6) is -2.77. The topological polar surface area (TPSA) is 114 Å². The van der Waals surface area contributed by atoms with Gasteiger partial charge < -0.3 is 9.94 Å². The lowest BCUT2D eigenvalue weighted by atomic mass is 9.98. The van der Waals surface area contributed by atoms with Gasteiger partial charge in [0, 0.05) is 18.6 Å². The Morgan fingerprint density at radius 3 is 2.64 bits per heavy atom. The van der Waals surface area contributed by atoms with Gasteiger partial charge in [0.1, 0.15) is 5.03 Å². The number of amides is 2. The Bertz CT molecular complexity index is 727. The zero-order chi connectivity index (χ0) is 20.5. The second kappa shape index (κ2) is 11.1. The van der Waals surface area contributed by atoms with E-state index >= 15 is 0 Å². The number of rotatable bonds is 11. The predicted octanol–water partition coefficient (Wildman–Crippen LogP) is 3.18. The van der Waals surface area contributed by atoms with Crippen LogP contribution in [0.3, 0.4) is 0 Å². The van der Waals surface area contributed by atoms with E-state index in [9.17, 15) is 24.3 Å². The van der Waals surface area contributed by atoms with Crippen LogP contribution in [0.2, 0.25) is 0 Å². The number of carbonyl (C=O) groups is 4. The highest BCUT2D eigenvalue weighted by Crippen LogP contribution is 2.31. The molecular formula is C18H22N2O6S2. The number of carboxylic acid groups (broad SMARTS) is 1. The SMILES string of the molecule is CCCCC(C(=O)O)c1cccc(SSCCC(=O)ON2C(=O)CCC2=O)n1. The van der Waals surface area contributed by atoms with E-state index in [2.05, 4.69) is 4.98 Å². The lowest BCUT2D eigenvalue weighted by Crippen LogP contribution is -2.32. The van der Waals surface area contributed by atoms with Crippen LogP contribution in [0.25, 0.3) is 0 Å². The molecule has 10 heteroatoms. The second-order valence-corrected chi connectivity index (χ2v) is 8.57. The number of hydrogen-bond donors (Lipinski definition) is 1. The molecule has 1 atom stereocenters. The molecule has 8 nitrogen and oxygen atoms in total. The molecule has 28 heavy (non-hydrogen) atoms. The summed E-state index contributed by atoms with van der Waals surface area (Å²) < 4.78 is 0. The van der Waals surface area contributed by atoms with Crippen molar-refractivity contribution in [2.75, 3.05) is 5.75 Å². The van der Waals surface area contributed by atoms with Gasteiger partial charge in [0.2, 0.25) is 0 Å². The first-order valence-corrected chi connectivity index (χ1v) is 11.3. The van der Waals surface area contributed by atoms with Gasteiger partial charge in [-0.3, -0.25) is 14.4 Å². The van der Waals surface area contributed by atoms with Crippen LogP contribution < -0.4 is 0 Å². The van der Waals surface area contributed by atoms with Crippen LogP contribution in [0.4, 0.5) is 0 Å². The van der Waals surface area contributed by atoms with Gasteiger partial charge in [0.25, 0.3) is 11.8 Å². The highest BCUT2D eigenvalue weighted by atomic mass is 33.1. The maximum atomic E-state index is 11.7. The van der Waals surface area contributed by atoms with E-state index in [0.29, 0.717) is 28.0 Å². The average molecular weight is 427 g/mol. The summed E-state index contributed by atoms with van der Waals surface area (Å²) in [7, 11) is 2.69. The third-order valence-corrected chi connectivity index (χ3v) is 6.23. The molecule has 1 saturated heterocycles. The van der Waals surface area contributed by atoms with Gasteiger partial charge in [-0.25, -0.2) is 9.78 Å². The Labute approximate surface area is 170 Å². The minimum Gasteiger partial charge on any atom is -0.481 e. The van der Waals surface area contributed by atoms with Crippen molar-refractivity contribution in [1.29, 1.82) is 0 Å². The van der Waals surface area contributed by atoms with Crippen LogP contribution >= 0.6 is 21.6 Å². The number of hydrogen-bond acceptors (Lipinski definition) is 8. The molecule has 1 aromatic heterocycles. The standard InChI is InChI=1S/C18H22N2O6S2/c1-2-3-5-12(18(24)25)13-6-4-7-14(19-13)28-27-11-10-17(23)26-20-15(21)8-9-16(20)22/h4,6-7,12H,2-3,5,8-11H2,1H3,(H,24,25). The van der Waals surface area contributed by atoms with Gasteiger partial charge in [0.15, 0.2) is 0 Å². The predicted molar refractivity (Wildman–Crippen MR) is 104 cm³/mol. The molecule has 0 aliphatic carbocycles. The number of nitrogens with zero attached hydrogens (tertiary/aromatic N) is 2. The highest BCUT2D eigenvalue weighted by molar-refractivity contribution is 8.76. The van der Waals surface area contributed by atoms with Crippen molar-refractivity contribution >= 4 is 45.3 Å². The molecule has 1 aromatic rings. The number of aromatic nitrogens is 1. The van der Waals surface area contributed by atoms with E-state index in [-0.39, 0.29) is 19.3 Å². The first kappa shape index (κ1) is 22.2. The normalized spacial score (nSPS) is 15.0. The molecule has 0 aromatic carbocycles. The van der Waals surface area contributed by atoms with E-state index in [1.54, 1.807) is 18.2 Å². The number of unbranched alkanes of at least 4 members (excludes halogenated alkanes) is 1. The van der Waals surface area contributed by atoms with Gasteiger partial charge in [-0.2, -0.15) is 0 Å². The van der Waals surface area contributed by atoms with Crippen LogP contribution in [-0.4, -0.2) is 44.7 Å². The van der Waals surface area contributed by atoms with Gasteiger partial charge >= 0.3 is 11.9 Å². The summed E-state index contributed by atoms with van der Waals surface area (Å²) in [6.07, 6.45) is 2.43. The number of carboxylic acids is 1. The summed E-state index contributed by atoms with van der Waals surface area (Å²) >= 11 is 0. The molecule has 1 aliphatic heterocycles. The summed E-state index contributed by atoms with van der Waals surface area (Å²) in [6, 6.07) is 5.26. The fraction of sp³-hybridized carbons (Fsp3) is 0.500. The lowest BCUT2D eigenvalue weighted by Gasteiger charge is -2.13. The van der Waals surface area contributed by atoms with Crippen LogP contribution in [0.15, 0.2) is 23.2 Å². The van der Waals surface area contributed by atoms with Crippen molar-refractivity contribution in [3.8, 4) is 0 Å². The molecule has 0 bridgehead atoms. The van der Waals surface area contributed by atoms with Crippen LogP contribution in [0, 0.1) is 0 Å². The second-order valence-electron chi connectivity index (χ2n) is 6.13. The summed E-state index contributed by atoms with van der Waals surface area (Å²) in [5.41, 5.74) is 0.525. The number of hydroxylamine groups is 2. The van der Waals surface area contributed by atoms with Crippen LogP contribution in [0.5, 0.6) is 0 Å². The van der Waals surface area contributed by atoms with E-state index < -0.39 is 29.7 Å². The van der Waals surface area contributed by atoms with Gasteiger partial charge in [-0.15, -0.1) is 5.06 Å². The Morgan fingerprint density at radius 2 is 2.00 bits per heavy atom. The number of pyridine rings is 1. The zero-order valence-corrected chi connectivity index (χ0v) is 17.1. The minimum absolute atomic E-state index is 0.0304. The van der Waals surface area contributed by atoms with Gasteiger partial charge in [-0.05, 0) is 29.3 Å². The smallest absolute Gasteiger partial charge is 0.334 e. The number of imide groups is 1. The molecule has 2 amide bonds. The minimum atomic E-state index is -0.885. The van der Waals surface area contributed by atoms with E-state index in [1.165, 1.54) is 21.6 Å². The van der Waals surface area contributed by atoms with Crippen molar-refractivity contribution < 1.29 is 29.1 Å². The molecule has 1 fully saturated rings. The summed E-state index contributed by atoms with van der Waals surface area (Å²) in [4.78, 5) is 55.3. The van der Waals surface area contributed by atoms with Gasteiger partial charge in [-0.1, -0.05) is 36.6 Å². The van der Waals surface area contributed by atoms with E-state index in [1.807, 2.05) is 6.92 Å². The largest absolute Gasteiger partial charge is 0.481 e. The Kier molecular flexibility index (Phi) is 8.78. The molecule has 2 rings (SSSR count). The maximum Gasteiger partial charge on any atom is 0.334 e. The fourth-order valence-electron chi connectivity index (χ4n) is 2.51. The Morgan fingerprint density at radius 1 is 1.29 bits per heavy atom. The molecule has 0 spiro atoms. The molecule has 0 radical (unpaired) electrons. The quantitative estimate of drug-likeness (QED) is 0.324. The molecule has 0 saturated carbocycles. The zero-order valence-electron chi connectivity index (χ0n) is 15.5. The molecule has 1 unspecified atom stereocenters. The average Bonchev–Trinajstić information content (AvgIpc) is 2.98. The first-order chi connectivity index (χ1) is 13.4. The molecule has 1 aliphatic rings. The van der Waals surface area contributed by atoms with Crippen molar-refractivity contribution in [3.63, 3.8) is 0 Å². The van der Waals surface area contributed by atoms with Crippen molar-refractivity contribution in [2.24, 2.45) is 0 Å². The number of carbonyl (C=O) groups excluding carboxylic acids is 3. The van der Waals surface area contributed by atoms with Crippen LogP contribution in [-0.2, 0) is 24.0 Å². The molecular weight excluding hydrogens is 404 g/mol. The molecule has 2 heterocycles. The fourth-order valence-corrected chi connectivity index (χ4v) is 4.38. The summed E-state index contributed by atoms with van der Waals surface area (Å²) in [5, 5.41) is 10.6. The molecule has 152 valence electrons. The highest BCUT2D eigenvalue weighted by Gasteiger charge is 2.32. The van der Waals surface area contributed by atoms with E-state index in [0.717, 1.165) is 12.8 Å². The third-order valence-electron chi connectivity index (χ3n) is 3.98. The van der Waals surface area contributed by atoms with Crippen LogP contribution in [0.1, 0.15) is 57.1 Å². The van der Waals surface area contributed by atoms with Crippen molar-refractivity contribution in [2.45, 2.75) is 56.4 Å². The first-order valence-electron chi connectivity index (χ1n) is 8.98. The third kappa shape index (κ3) is 6.52. The molecule has 1 N–H and O–H groups in total.